The molecule has 3 fully saturated rings. The maximum atomic E-state index is 13.7. The Morgan fingerprint density at radius 3 is 2.27 bits per heavy atom. The SMILES string of the molecule is CC(C)(C(=O)N1CCOCC1)S(=O)(=O)C[C@@H](Cc1ccccc1)C(=O)NCC(=O)N[C@@H](CC1CCCCC1)[C@@H](O)[C@@H](O)C1CC1. The molecule has 2 saturated carbocycles. The average Bonchev–Trinajstić information content (AvgIpc) is 3.89. The molecule has 0 aromatic heterocycles. The van der Waals surface area contributed by atoms with Gasteiger partial charge in [-0.3, -0.25) is 14.4 Å². The molecule has 3 aliphatic rings. The molecule has 4 rings (SSSR count). The van der Waals surface area contributed by atoms with Crippen LogP contribution in [0.2, 0.25) is 0 Å². The third-order valence-electron chi connectivity index (χ3n) is 9.66. The van der Waals surface area contributed by atoms with Gasteiger partial charge in [0, 0.05) is 13.1 Å². The number of rotatable bonds is 15. The van der Waals surface area contributed by atoms with E-state index in [0.29, 0.717) is 38.6 Å². The second-order valence-electron chi connectivity index (χ2n) is 13.5. The van der Waals surface area contributed by atoms with E-state index in [1.165, 1.54) is 25.2 Å². The number of morpholine rings is 1. The Kier molecular flexibility index (Phi) is 12.4. The topological polar surface area (TPSA) is 162 Å². The highest BCUT2D eigenvalue weighted by molar-refractivity contribution is 7.93. The number of carbonyl (C=O) groups is 3. The van der Waals surface area contributed by atoms with Crippen molar-refractivity contribution in [3.8, 4) is 0 Å². The Balaban J connectivity index is 1.42. The van der Waals surface area contributed by atoms with Gasteiger partial charge in [-0.15, -0.1) is 0 Å². The molecule has 252 valence electrons. The Hall–Kier alpha value is -2.54. The van der Waals surface area contributed by atoms with E-state index in [9.17, 15) is 33.0 Å². The number of nitrogens with zero attached hydrogens (tertiary/aromatic N) is 1. The summed E-state index contributed by atoms with van der Waals surface area (Å²) in [6.45, 7) is 3.61. The summed E-state index contributed by atoms with van der Waals surface area (Å²) < 4.78 is 31.0. The van der Waals surface area contributed by atoms with Gasteiger partial charge in [0.2, 0.25) is 17.7 Å². The lowest BCUT2D eigenvalue weighted by molar-refractivity contribution is -0.137. The molecule has 12 heteroatoms. The van der Waals surface area contributed by atoms with E-state index in [4.69, 9.17) is 4.74 Å². The molecule has 0 spiro atoms. The largest absolute Gasteiger partial charge is 0.390 e. The van der Waals surface area contributed by atoms with Gasteiger partial charge in [0.15, 0.2) is 9.84 Å². The average molecular weight is 650 g/mol. The summed E-state index contributed by atoms with van der Waals surface area (Å²) in [7, 11) is -4.12. The van der Waals surface area contributed by atoms with Gasteiger partial charge in [0.05, 0.1) is 43.6 Å². The van der Waals surface area contributed by atoms with Crippen molar-refractivity contribution in [1.82, 2.24) is 15.5 Å². The molecule has 4 N–H and O–H groups in total. The van der Waals surface area contributed by atoms with E-state index in [-0.39, 0.29) is 12.3 Å². The maximum absolute atomic E-state index is 13.7. The van der Waals surface area contributed by atoms with Crippen LogP contribution in [0.15, 0.2) is 30.3 Å². The van der Waals surface area contributed by atoms with Gasteiger partial charge in [-0.2, -0.15) is 0 Å². The predicted molar refractivity (Wildman–Crippen MR) is 170 cm³/mol. The fraction of sp³-hybridized carbons (Fsp3) is 0.727. The zero-order valence-electron chi connectivity index (χ0n) is 26.7. The van der Waals surface area contributed by atoms with Gasteiger partial charge in [0.25, 0.3) is 0 Å². The summed E-state index contributed by atoms with van der Waals surface area (Å²) in [5, 5.41) is 27.1. The van der Waals surface area contributed by atoms with Crippen molar-refractivity contribution in [3.63, 3.8) is 0 Å². The van der Waals surface area contributed by atoms with Crippen LogP contribution >= 0.6 is 0 Å². The first-order valence-electron chi connectivity index (χ1n) is 16.5. The van der Waals surface area contributed by atoms with Crippen LogP contribution in [-0.2, 0) is 35.4 Å². The highest BCUT2D eigenvalue weighted by atomic mass is 32.2. The highest BCUT2D eigenvalue weighted by Crippen LogP contribution is 2.36. The molecule has 45 heavy (non-hydrogen) atoms. The lowest BCUT2D eigenvalue weighted by Crippen LogP contribution is -2.55. The van der Waals surface area contributed by atoms with Gasteiger partial charge in [-0.05, 0) is 56.9 Å². The number of aliphatic hydroxyl groups excluding tert-OH is 2. The van der Waals surface area contributed by atoms with E-state index in [2.05, 4.69) is 10.6 Å². The lowest BCUT2D eigenvalue weighted by Gasteiger charge is -2.34. The predicted octanol–water partition coefficient (Wildman–Crippen LogP) is 1.60. The summed E-state index contributed by atoms with van der Waals surface area (Å²) in [6.07, 6.45) is 5.71. The van der Waals surface area contributed by atoms with Crippen molar-refractivity contribution >= 4 is 27.6 Å². The van der Waals surface area contributed by atoms with E-state index in [1.807, 2.05) is 6.07 Å². The number of carbonyl (C=O) groups excluding carboxylic acids is 3. The molecular weight excluding hydrogens is 598 g/mol. The molecule has 3 amide bonds. The van der Waals surface area contributed by atoms with Gasteiger partial charge in [-0.1, -0.05) is 62.4 Å². The lowest BCUT2D eigenvalue weighted by atomic mass is 9.82. The Morgan fingerprint density at radius 1 is 1.00 bits per heavy atom. The molecule has 2 aliphatic carbocycles. The normalized spacial score (nSPS) is 20.9. The smallest absolute Gasteiger partial charge is 0.243 e. The third-order valence-corrected chi connectivity index (χ3v) is 12.2. The second kappa shape index (κ2) is 15.8. The van der Waals surface area contributed by atoms with E-state index < -0.39 is 68.8 Å². The number of ether oxygens (including phenoxy) is 1. The summed E-state index contributed by atoms with van der Waals surface area (Å²) in [5.74, 6) is -2.92. The molecule has 1 saturated heterocycles. The standard InChI is InChI=1S/C33H51N3O8S/c1-33(2,32(41)36-15-17-44-18-16-36)45(42,43)22-26(19-23-9-5-3-6-10-23)31(40)34-21-28(37)35-27(20-24-11-7-4-8-12-24)30(39)29(38)25-13-14-25/h3,5-6,9-10,24-27,29-30,38-39H,4,7-8,11-22H2,1-2H3,(H,34,40)(H,35,37)/t26-,27+,29+,30-/m1/s1. The number of nitrogens with one attached hydrogen (secondary N) is 2. The quantitative estimate of drug-likeness (QED) is 0.223. The van der Waals surface area contributed by atoms with E-state index in [0.717, 1.165) is 44.1 Å². The number of benzene rings is 1. The van der Waals surface area contributed by atoms with Gasteiger partial charge in [0.1, 0.15) is 10.9 Å². The Labute approximate surface area is 267 Å². The zero-order valence-corrected chi connectivity index (χ0v) is 27.5. The maximum Gasteiger partial charge on any atom is 0.243 e. The second-order valence-corrected chi connectivity index (χ2v) is 16.1. The van der Waals surface area contributed by atoms with Crippen LogP contribution in [0.4, 0.5) is 0 Å². The minimum absolute atomic E-state index is 0.0329. The van der Waals surface area contributed by atoms with Crippen molar-refractivity contribution in [2.75, 3.05) is 38.6 Å². The molecule has 0 unspecified atom stereocenters. The van der Waals surface area contributed by atoms with E-state index in [1.54, 1.807) is 24.3 Å². The van der Waals surface area contributed by atoms with Crippen molar-refractivity contribution in [2.24, 2.45) is 17.8 Å². The number of hydrogen-bond acceptors (Lipinski definition) is 8. The summed E-state index contributed by atoms with van der Waals surface area (Å²) >= 11 is 0. The molecule has 1 aromatic carbocycles. The number of hydrogen-bond donors (Lipinski definition) is 4. The van der Waals surface area contributed by atoms with Gasteiger partial charge < -0.3 is 30.5 Å². The summed E-state index contributed by atoms with van der Waals surface area (Å²) in [5.41, 5.74) is 0.749. The van der Waals surface area contributed by atoms with Crippen molar-refractivity contribution in [2.45, 2.75) is 94.6 Å². The summed E-state index contributed by atoms with van der Waals surface area (Å²) in [6, 6.07) is 8.36. The van der Waals surface area contributed by atoms with Gasteiger partial charge >= 0.3 is 0 Å². The van der Waals surface area contributed by atoms with Crippen LogP contribution in [0.3, 0.4) is 0 Å². The van der Waals surface area contributed by atoms with Crippen LogP contribution in [-0.4, -0.2) is 103 Å². The van der Waals surface area contributed by atoms with Crippen LogP contribution in [0.25, 0.3) is 0 Å². The summed E-state index contributed by atoms with van der Waals surface area (Å²) in [4.78, 5) is 41.4. The van der Waals surface area contributed by atoms with Crippen molar-refractivity contribution in [1.29, 1.82) is 0 Å². The molecule has 1 heterocycles. The van der Waals surface area contributed by atoms with Crippen LogP contribution in [0, 0.1) is 17.8 Å². The fourth-order valence-corrected chi connectivity index (χ4v) is 8.08. The van der Waals surface area contributed by atoms with Crippen LogP contribution in [0.5, 0.6) is 0 Å². The van der Waals surface area contributed by atoms with Crippen LogP contribution in [0.1, 0.15) is 70.8 Å². The Morgan fingerprint density at radius 2 is 1.64 bits per heavy atom. The first-order chi connectivity index (χ1) is 21.4. The minimum Gasteiger partial charge on any atom is -0.390 e. The number of aliphatic hydroxyl groups is 2. The fourth-order valence-electron chi connectivity index (χ4n) is 6.47. The highest BCUT2D eigenvalue weighted by Gasteiger charge is 2.46. The molecular formula is C33H51N3O8S. The molecule has 1 aromatic rings. The monoisotopic (exact) mass is 649 g/mol. The third kappa shape index (κ3) is 9.73. The van der Waals surface area contributed by atoms with Gasteiger partial charge in [-0.25, -0.2) is 8.42 Å². The number of amides is 3. The van der Waals surface area contributed by atoms with Crippen molar-refractivity contribution < 1.29 is 37.8 Å². The van der Waals surface area contributed by atoms with E-state index >= 15 is 0 Å². The minimum atomic E-state index is -4.12. The molecule has 4 atom stereocenters. The zero-order chi connectivity index (χ0) is 32.6. The first kappa shape index (κ1) is 35.3. The Bertz CT molecular complexity index is 1240. The first-order valence-corrected chi connectivity index (χ1v) is 18.1. The molecule has 0 radical (unpaired) electrons. The van der Waals surface area contributed by atoms with Crippen LogP contribution < -0.4 is 10.6 Å². The molecule has 11 nitrogen and oxygen atoms in total. The molecule has 1 aliphatic heterocycles. The number of sulfone groups is 1. The molecule has 0 bridgehead atoms. The van der Waals surface area contributed by atoms with Crippen molar-refractivity contribution in [3.05, 3.63) is 35.9 Å².